The van der Waals surface area contributed by atoms with Gasteiger partial charge in [0.05, 0.1) is 6.04 Å². The largest absolute Gasteiger partial charge is 0.508 e. The second-order valence-electron chi connectivity index (χ2n) is 3.38. The topological polar surface area (TPSA) is 32.3 Å². The van der Waals surface area contributed by atoms with E-state index in [1.54, 1.807) is 6.07 Å². The van der Waals surface area contributed by atoms with E-state index in [1.165, 1.54) is 5.56 Å². The molecular weight excluding hydrogens is 174 g/mol. The molecule has 2 heteroatoms. The monoisotopic (exact) mass is 187 g/mol. The summed E-state index contributed by atoms with van der Waals surface area (Å²) in [5.74, 6) is 6.29. The number of benzene rings is 1. The van der Waals surface area contributed by atoms with Crippen molar-refractivity contribution in [1.82, 2.24) is 5.32 Å². The molecule has 1 heterocycles. The van der Waals surface area contributed by atoms with Crippen LogP contribution in [0.2, 0.25) is 0 Å². The highest BCUT2D eigenvalue weighted by atomic mass is 16.3. The van der Waals surface area contributed by atoms with Gasteiger partial charge in [-0.25, -0.2) is 0 Å². The normalized spacial score (nSPS) is 19.4. The summed E-state index contributed by atoms with van der Waals surface area (Å²) in [6.45, 7) is 2.74. The fraction of sp³-hybridized carbons (Fsp3) is 0.333. The maximum absolute atomic E-state index is 9.75. The number of phenols is 1. The lowest BCUT2D eigenvalue weighted by molar-refractivity contribution is 0.453. The molecule has 1 aliphatic heterocycles. The van der Waals surface area contributed by atoms with Crippen molar-refractivity contribution in [3.05, 3.63) is 29.3 Å². The van der Waals surface area contributed by atoms with E-state index in [4.69, 9.17) is 0 Å². The zero-order chi connectivity index (χ0) is 9.97. The van der Waals surface area contributed by atoms with E-state index in [0.717, 1.165) is 18.5 Å². The molecule has 2 nitrogen and oxygen atoms in total. The molecule has 0 saturated heterocycles. The lowest BCUT2D eigenvalue weighted by atomic mass is 9.94. The van der Waals surface area contributed by atoms with Crippen molar-refractivity contribution < 1.29 is 5.11 Å². The first-order valence-electron chi connectivity index (χ1n) is 4.79. The molecule has 0 saturated carbocycles. The molecule has 1 unspecified atom stereocenters. The first kappa shape index (κ1) is 9.11. The molecule has 0 bridgehead atoms. The second kappa shape index (κ2) is 3.73. The van der Waals surface area contributed by atoms with Crippen LogP contribution in [0.15, 0.2) is 18.2 Å². The highest BCUT2D eigenvalue weighted by Crippen LogP contribution is 2.30. The SMILES string of the molecule is CC#CC1NCCc2cccc(O)c21. The summed E-state index contributed by atoms with van der Waals surface area (Å²) >= 11 is 0. The lowest BCUT2D eigenvalue weighted by Gasteiger charge is -2.23. The second-order valence-corrected chi connectivity index (χ2v) is 3.38. The van der Waals surface area contributed by atoms with E-state index < -0.39 is 0 Å². The third kappa shape index (κ3) is 1.47. The summed E-state index contributed by atoms with van der Waals surface area (Å²) in [7, 11) is 0. The van der Waals surface area contributed by atoms with Crippen LogP contribution in [0.3, 0.4) is 0 Å². The van der Waals surface area contributed by atoms with Crippen LogP contribution in [0.1, 0.15) is 24.1 Å². The molecule has 2 rings (SSSR count). The maximum Gasteiger partial charge on any atom is 0.121 e. The quantitative estimate of drug-likeness (QED) is 0.605. The molecule has 0 aliphatic carbocycles. The lowest BCUT2D eigenvalue weighted by Crippen LogP contribution is -2.28. The van der Waals surface area contributed by atoms with E-state index in [0.29, 0.717) is 5.75 Å². The Morgan fingerprint density at radius 1 is 1.50 bits per heavy atom. The van der Waals surface area contributed by atoms with E-state index in [2.05, 4.69) is 23.2 Å². The van der Waals surface area contributed by atoms with Gasteiger partial charge in [0.25, 0.3) is 0 Å². The van der Waals surface area contributed by atoms with Crippen LogP contribution in [-0.4, -0.2) is 11.7 Å². The minimum atomic E-state index is -0.00931. The van der Waals surface area contributed by atoms with Crippen LogP contribution >= 0.6 is 0 Å². The Labute approximate surface area is 84.0 Å². The molecule has 0 aromatic heterocycles. The summed E-state index contributed by atoms with van der Waals surface area (Å²) in [6.07, 6.45) is 0.964. The maximum atomic E-state index is 9.75. The van der Waals surface area contributed by atoms with Gasteiger partial charge in [0, 0.05) is 12.1 Å². The fourth-order valence-corrected chi connectivity index (χ4v) is 1.87. The first-order valence-corrected chi connectivity index (χ1v) is 4.79. The third-order valence-corrected chi connectivity index (χ3v) is 2.49. The molecule has 14 heavy (non-hydrogen) atoms. The van der Waals surface area contributed by atoms with Crippen molar-refractivity contribution in [2.75, 3.05) is 6.54 Å². The van der Waals surface area contributed by atoms with Crippen molar-refractivity contribution in [1.29, 1.82) is 0 Å². The van der Waals surface area contributed by atoms with Gasteiger partial charge in [0.1, 0.15) is 5.75 Å². The Hall–Kier alpha value is -1.46. The predicted molar refractivity (Wildman–Crippen MR) is 56.0 cm³/mol. The van der Waals surface area contributed by atoms with Crippen molar-refractivity contribution in [3.63, 3.8) is 0 Å². The zero-order valence-corrected chi connectivity index (χ0v) is 8.17. The standard InChI is InChI=1S/C12H13NO/c1-2-4-10-12-9(7-8-13-10)5-3-6-11(12)14/h3,5-6,10,13-14H,7-8H2,1H3. The molecule has 1 aliphatic rings. The average molecular weight is 187 g/mol. The molecule has 0 radical (unpaired) electrons. The highest BCUT2D eigenvalue weighted by Gasteiger charge is 2.20. The van der Waals surface area contributed by atoms with E-state index in [-0.39, 0.29) is 6.04 Å². The average Bonchev–Trinajstić information content (AvgIpc) is 2.19. The molecule has 0 amide bonds. The number of nitrogens with one attached hydrogen (secondary N) is 1. The number of phenolic OH excluding ortho intramolecular Hbond substituents is 1. The first-order chi connectivity index (χ1) is 6.83. The molecule has 0 spiro atoms. The Kier molecular flexibility index (Phi) is 2.43. The number of aromatic hydroxyl groups is 1. The van der Waals surface area contributed by atoms with Crippen LogP contribution in [0.5, 0.6) is 5.75 Å². The summed E-state index contributed by atoms with van der Waals surface area (Å²) < 4.78 is 0. The Balaban J connectivity index is 2.50. The number of hydrogen-bond donors (Lipinski definition) is 2. The Morgan fingerprint density at radius 2 is 2.36 bits per heavy atom. The van der Waals surface area contributed by atoms with Crippen LogP contribution in [0.4, 0.5) is 0 Å². The van der Waals surface area contributed by atoms with Gasteiger partial charge in [-0.1, -0.05) is 18.1 Å². The highest BCUT2D eigenvalue weighted by molar-refractivity contribution is 5.46. The molecular formula is C12H13NO. The molecule has 72 valence electrons. The van der Waals surface area contributed by atoms with Crippen molar-refractivity contribution in [2.45, 2.75) is 19.4 Å². The van der Waals surface area contributed by atoms with Gasteiger partial charge >= 0.3 is 0 Å². The van der Waals surface area contributed by atoms with Crippen LogP contribution in [0.25, 0.3) is 0 Å². The van der Waals surface area contributed by atoms with Crippen molar-refractivity contribution in [3.8, 4) is 17.6 Å². The van der Waals surface area contributed by atoms with Gasteiger partial charge in [0.15, 0.2) is 0 Å². The van der Waals surface area contributed by atoms with Gasteiger partial charge in [-0.2, -0.15) is 0 Å². The van der Waals surface area contributed by atoms with E-state index in [1.807, 2.05) is 13.0 Å². The van der Waals surface area contributed by atoms with Gasteiger partial charge in [-0.3, -0.25) is 5.32 Å². The molecule has 2 N–H and O–H groups in total. The van der Waals surface area contributed by atoms with Gasteiger partial charge in [-0.15, -0.1) is 5.92 Å². The summed E-state index contributed by atoms with van der Waals surface area (Å²) in [5, 5.41) is 13.0. The van der Waals surface area contributed by atoms with Crippen LogP contribution in [0, 0.1) is 11.8 Å². The molecule has 1 aromatic rings. The minimum Gasteiger partial charge on any atom is -0.508 e. The third-order valence-electron chi connectivity index (χ3n) is 2.49. The summed E-state index contributed by atoms with van der Waals surface area (Å²) in [5.41, 5.74) is 2.16. The number of fused-ring (bicyclic) bond motifs is 1. The van der Waals surface area contributed by atoms with Crippen molar-refractivity contribution >= 4 is 0 Å². The summed E-state index contributed by atoms with van der Waals surface area (Å²) in [4.78, 5) is 0. The van der Waals surface area contributed by atoms with Gasteiger partial charge in [0.2, 0.25) is 0 Å². The van der Waals surface area contributed by atoms with Gasteiger partial charge < -0.3 is 5.11 Å². The number of rotatable bonds is 0. The smallest absolute Gasteiger partial charge is 0.121 e. The van der Waals surface area contributed by atoms with Crippen molar-refractivity contribution in [2.24, 2.45) is 0 Å². The van der Waals surface area contributed by atoms with E-state index in [9.17, 15) is 5.11 Å². The fourth-order valence-electron chi connectivity index (χ4n) is 1.87. The van der Waals surface area contributed by atoms with E-state index >= 15 is 0 Å². The minimum absolute atomic E-state index is 0.00931. The Bertz CT molecular complexity index is 401. The van der Waals surface area contributed by atoms with Crippen LogP contribution < -0.4 is 5.32 Å². The predicted octanol–water partition coefficient (Wildman–Crippen LogP) is 1.60. The Morgan fingerprint density at radius 3 is 3.14 bits per heavy atom. The van der Waals surface area contributed by atoms with Crippen LogP contribution in [-0.2, 0) is 6.42 Å². The molecule has 1 atom stereocenters. The summed E-state index contributed by atoms with van der Waals surface area (Å²) in [6, 6.07) is 5.65. The molecule has 0 fully saturated rings. The zero-order valence-electron chi connectivity index (χ0n) is 8.17. The van der Waals surface area contributed by atoms with Gasteiger partial charge in [-0.05, 0) is 25.0 Å². The number of hydrogen-bond acceptors (Lipinski definition) is 2. The molecule has 1 aromatic carbocycles.